The van der Waals surface area contributed by atoms with Gasteiger partial charge in [-0.1, -0.05) is 12.1 Å². The summed E-state index contributed by atoms with van der Waals surface area (Å²) in [4.78, 5) is 26.1. The summed E-state index contributed by atoms with van der Waals surface area (Å²) >= 11 is 0. The largest absolute Gasteiger partial charge is 0.466 e. The number of carbonyl (C=O) groups excluding carboxylic acids is 2. The van der Waals surface area contributed by atoms with Crippen LogP contribution in [0.25, 0.3) is 0 Å². The molecule has 1 aliphatic heterocycles. The number of amides is 3. The van der Waals surface area contributed by atoms with Gasteiger partial charge in [0.1, 0.15) is 17.1 Å². The van der Waals surface area contributed by atoms with E-state index in [1.165, 1.54) is 12.1 Å². The summed E-state index contributed by atoms with van der Waals surface area (Å²) in [5.41, 5.74) is -1.08. The molecule has 1 atom stereocenters. The van der Waals surface area contributed by atoms with Gasteiger partial charge in [0.2, 0.25) is 0 Å². The number of hydrogen-bond donors (Lipinski definition) is 1. The van der Waals surface area contributed by atoms with Crippen molar-refractivity contribution in [2.75, 3.05) is 0 Å². The van der Waals surface area contributed by atoms with Gasteiger partial charge in [-0.25, -0.2) is 4.79 Å². The van der Waals surface area contributed by atoms with Crippen molar-refractivity contribution in [3.8, 4) is 0 Å². The summed E-state index contributed by atoms with van der Waals surface area (Å²) in [5, 5.41) is 2.65. The first-order valence-electron chi connectivity index (χ1n) is 7.90. The quantitative estimate of drug-likeness (QED) is 0.839. The van der Waals surface area contributed by atoms with Crippen molar-refractivity contribution < 1.29 is 27.2 Å². The third kappa shape index (κ3) is 2.95. The molecule has 1 aliphatic rings. The van der Waals surface area contributed by atoms with E-state index in [2.05, 4.69) is 5.32 Å². The second-order valence-corrected chi connectivity index (χ2v) is 6.47. The van der Waals surface area contributed by atoms with Gasteiger partial charge in [0.15, 0.2) is 0 Å². The van der Waals surface area contributed by atoms with Crippen molar-refractivity contribution in [3.63, 3.8) is 0 Å². The number of halogens is 3. The summed E-state index contributed by atoms with van der Waals surface area (Å²) < 4.78 is 43.4. The predicted molar refractivity (Wildman–Crippen MR) is 86.1 cm³/mol. The van der Waals surface area contributed by atoms with Crippen molar-refractivity contribution in [2.24, 2.45) is 0 Å². The number of rotatable bonds is 3. The highest BCUT2D eigenvalue weighted by molar-refractivity contribution is 6.07. The van der Waals surface area contributed by atoms with E-state index in [0.29, 0.717) is 22.6 Å². The summed E-state index contributed by atoms with van der Waals surface area (Å²) in [6.07, 6.45) is -4.44. The first-order chi connectivity index (χ1) is 12.0. The van der Waals surface area contributed by atoms with Crippen molar-refractivity contribution >= 4 is 11.9 Å². The minimum atomic E-state index is -4.44. The molecule has 1 saturated heterocycles. The normalized spacial score (nSPS) is 20.6. The highest BCUT2D eigenvalue weighted by Gasteiger charge is 2.50. The smallest absolute Gasteiger partial charge is 0.416 e. The molecule has 8 heteroatoms. The minimum absolute atomic E-state index is 0.117. The first-order valence-corrected chi connectivity index (χ1v) is 7.90. The Labute approximate surface area is 147 Å². The minimum Gasteiger partial charge on any atom is -0.466 e. The number of hydrogen-bond acceptors (Lipinski definition) is 3. The Bertz CT molecular complexity index is 871. The van der Waals surface area contributed by atoms with E-state index in [0.717, 1.165) is 17.0 Å². The monoisotopic (exact) mass is 366 g/mol. The number of aryl methyl sites for hydroxylation is 2. The molecule has 0 aliphatic carbocycles. The highest BCUT2D eigenvalue weighted by atomic mass is 19.4. The Hall–Kier alpha value is -2.77. The van der Waals surface area contributed by atoms with Crippen LogP contribution in [0.3, 0.4) is 0 Å². The van der Waals surface area contributed by atoms with Gasteiger partial charge in [0.25, 0.3) is 5.91 Å². The maximum Gasteiger partial charge on any atom is 0.416 e. The summed E-state index contributed by atoms with van der Waals surface area (Å²) in [6, 6.07) is 5.46. The summed E-state index contributed by atoms with van der Waals surface area (Å²) in [6.45, 7) is 4.90. The van der Waals surface area contributed by atoms with Crippen molar-refractivity contribution in [1.29, 1.82) is 0 Å². The third-order valence-electron chi connectivity index (χ3n) is 4.48. The van der Waals surface area contributed by atoms with Crippen LogP contribution in [-0.2, 0) is 23.1 Å². The highest BCUT2D eigenvalue weighted by Crippen LogP contribution is 2.34. The Morgan fingerprint density at radius 3 is 2.27 bits per heavy atom. The van der Waals surface area contributed by atoms with Crippen molar-refractivity contribution in [2.45, 2.75) is 39.0 Å². The summed E-state index contributed by atoms with van der Waals surface area (Å²) in [7, 11) is 0. The van der Waals surface area contributed by atoms with E-state index >= 15 is 0 Å². The molecular formula is C18H17F3N2O3. The zero-order chi connectivity index (χ0) is 19.3. The van der Waals surface area contributed by atoms with E-state index in [9.17, 15) is 22.8 Å². The molecule has 0 bridgehead atoms. The SMILES string of the molecule is Cc1cc(C2(C)NC(=O)N(Cc3ccc(C(F)(F)F)cc3)C2=O)c(C)o1. The number of furan rings is 1. The Morgan fingerprint density at radius 1 is 1.15 bits per heavy atom. The van der Waals surface area contributed by atoms with E-state index in [-0.39, 0.29) is 6.54 Å². The number of imide groups is 1. The molecule has 0 saturated carbocycles. The van der Waals surface area contributed by atoms with Crippen molar-refractivity contribution in [3.05, 3.63) is 58.5 Å². The fourth-order valence-corrected chi connectivity index (χ4v) is 3.13. The topological polar surface area (TPSA) is 62.6 Å². The Kier molecular flexibility index (Phi) is 4.09. The lowest BCUT2D eigenvalue weighted by molar-refractivity contribution is -0.137. The van der Waals surface area contributed by atoms with E-state index in [1.54, 1.807) is 26.8 Å². The van der Waals surface area contributed by atoms with Gasteiger partial charge in [-0.2, -0.15) is 13.2 Å². The molecule has 2 heterocycles. The molecule has 0 radical (unpaired) electrons. The summed E-state index contributed by atoms with van der Waals surface area (Å²) in [5.74, 6) is 0.656. The van der Waals surface area contributed by atoms with Crippen LogP contribution >= 0.6 is 0 Å². The molecule has 1 N–H and O–H groups in total. The second-order valence-electron chi connectivity index (χ2n) is 6.47. The van der Waals surface area contributed by atoms with Gasteiger partial charge in [-0.3, -0.25) is 9.69 Å². The standard InChI is InChI=1S/C18H17F3N2O3/c1-10-8-14(11(2)26-10)17(3)15(24)23(16(25)22-17)9-12-4-6-13(7-5-12)18(19,20)21/h4-8H,9H2,1-3H3,(H,22,25). The van der Waals surface area contributed by atoms with Crippen LogP contribution < -0.4 is 5.32 Å². The molecule has 26 heavy (non-hydrogen) atoms. The van der Waals surface area contributed by atoms with Crippen LogP contribution in [0.1, 0.15) is 35.1 Å². The second kappa shape index (κ2) is 5.89. The Balaban J connectivity index is 1.85. The zero-order valence-electron chi connectivity index (χ0n) is 14.4. The van der Waals surface area contributed by atoms with Gasteiger partial charge in [-0.05, 0) is 44.5 Å². The molecule has 138 valence electrons. The Morgan fingerprint density at radius 2 is 1.77 bits per heavy atom. The lowest BCUT2D eigenvalue weighted by Crippen LogP contribution is -2.41. The van der Waals surface area contributed by atoms with Crippen LogP contribution in [0, 0.1) is 13.8 Å². The molecule has 5 nitrogen and oxygen atoms in total. The molecule has 0 spiro atoms. The van der Waals surface area contributed by atoms with Gasteiger partial charge < -0.3 is 9.73 Å². The lowest BCUT2D eigenvalue weighted by atomic mass is 9.92. The molecule has 1 aromatic carbocycles. The number of nitrogens with one attached hydrogen (secondary N) is 1. The predicted octanol–water partition coefficient (Wildman–Crippen LogP) is 3.88. The molecular weight excluding hydrogens is 349 g/mol. The van der Waals surface area contributed by atoms with Crippen LogP contribution in [0.15, 0.2) is 34.7 Å². The maximum atomic E-state index is 12.9. The molecule has 1 unspecified atom stereocenters. The number of benzene rings is 1. The van der Waals surface area contributed by atoms with E-state index in [4.69, 9.17) is 4.42 Å². The van der Waals surface area contributed by atoms with Crippen molar-refractivity contribution in [1.82, 2.24) is 10.2 Å². The average molecular weight is 366 g/mol. The fraction of sp³-hybridized carbons (Fsp3) is 0.333. The zero-order valence-corrected chi connectivity index (χ0v) is 14.4. The van der Waals surface area contributed by atoms with Crippen LogP contribution in [-0.4, -0.2) is 16.8 Å². The van der Waals surface area contributed by atoms with Crippen LogP contribution in [0.2, 0.25) is 0 Å². The molecule has 2 aromatic rings. The van der Waals surface area contributed by atoms with Crippen LogP contribution in [0.5, 0.6) is 0 Å². The van der Waals surface area contributed by atoms with Gasteiger partial charge >= 0.3 is 12.2 Å². The molecule has 3 rings (SSSR count). The third-order valence-corrected chi connectivity index (χ3v) is 4.48. The van der Waals surface area contributed by atoms with Gasteiger partial charge in [-0.15, -0.1) is 0 Å². The van der Waals surface area contributed by atoms with Crippen LogP contribution in [0.4, 0.5) is 18.0 Å². The average Bonchev–Trinajstić information content (AvgIpc) is 2.99. The fourth-order valence-electron chi connectivity index (χ4n) is 3.13. The molecule has 1 aromatic heterocycles. The number of nitrogens with zero attached hydrogens (tertiary/aromatic N) is 1. The number of urea groups is 1. The van der Waals surface area contributed by atoms with Gasteiger partial charge in [0.05, 0.1) is 12.1 Å². The van der Waals surface area contributed by atoms with Gasteiger partial charge in [0, 0.05) is 5.56 Å². The van der Waals surface area contributed by atoms with E-state index < -0.39 is 29.2 Å². The lowest BCUT2D eigenvalue weighted by Gasteiger charge is -2.21. The number of carbonyl (C=O) groups is 2. The van der Waals surface area contributed by atoms with E-state index in [1.807, 2.05) is 0 Å². The number of alkyl halides is 3. The first kappa shape index (κ1) is 18.0. The maximum absolute atomic E-state index is 12.9. The molecule has 3 amide bonds. The molecule has 1 fully saturated rings.